The molecule has 0 N–H and O–H groups in total. The van der Waals surface area contributed by atoms with Gasteiger partial charge in [-0.2, -0.15) is 0 Å². The second-order valence-corrected chi connectivity index (χ2v) is 6.73. The van der Waals surface area contributed by atoms with Crippen molar-refractivity contribution in [2.75, 3.05) is 0 Å². The van der Waals surface area contributed by atoms with E-state index in [9.17, 15) is 4.79 Å². The average molecular weight is 329 g/mol. The highest BCUT2D eigenvalue weighted by Crippen LogP contribution is 2.18. The second kappa shape index (κ2) is 5.98. The lowest BCUT2D eigenvalue weighted by molar-refractivity contribution is 0.741. The summed E-state index contributed by atoms with van der Waals surface area (Å²) in [5, 5.41) is 0. The number of hydrogen-bond donors (Lipinski definition) is 0. The predicted octanol–water partition coefficient (Wildman–Crippen LogP) is 3.53. The fourth-order valence-electron chi connectivity index (χ4n) is 2.38. The van der Waals surface area contributed by atoms with Gasteiger partial charge in [0.2, 0.25) is 0 Å². The highest BCUT2D eigenvalue weighted by Gasteiger charge is 2.11. The Morgan fingerprint density at radius 1 is 1.45 bits per heavy atom. The molecule has 0 unspecified atom stereocenters. The maximum Gasteiger partial charge on any atom is 0.273 e. The number of rotatable bonds is 4. The number of hydrogen-bond acceptors (Lipinski definition) is 4. The molecule has 22 heavy (non-hydrogen) atoms. The third-order valence-electron chi connectivity index (χ3n) is 3.39. The Balaban J connectivity index is 2.09. The van der Waals surface area contributed by atoms with E-state index in [0.717, 1.165) is 5.56 Å². The maximum atomic E-state index is 12.6. The van der Waals surface area contributed by atoms with Crippen LogP contribution in [0.4, 0.5) is 0 Å². The first-order valence-corrected chi connectivity index (χ1v) is 8.08. The minimum absolute atomic E-state index is 0.0505. The van der Waals surface area contributed by atoms with Crippen LogP contribution in [0, 0.1) is 10.9 Å². The van der Waals surface area contributed by atoms with Crippen LogP contribution in [0.3, 0.4) is 0 Å². The SMILES string of the molecule is C=CCn1c(=S)sc2c(=O)n(Cc3cccc(C)c3)cnc21. The van der Waals surface area contributed by atoms with Crippen LogP contribution >= 0.6 is 23.6 Å². The molecular weight excluding hydrogens is 314 g/mol. The minimum Gasteiger partial charge on any atom is -0.304 e. The largest absolute Gasteiger partial charge is 0.304 e. The maximum absolute atomic E-state index is 12.6. The lowest BCUT2D eigenvalue weighted by Crippen LogP contribution is -2.20. The number of aromatic nitrogens is 3. The van der Waals surface area contributed by atoms with Gasteiger partial charge in [-0.1, -0.05) is 47.2 Å². The predicted molar refractivity (Wildman–Crippen MR) is 93.2 cm³/mol. The van der Waals surface area contributed by atoms with Gasteiger partial charge in [-0.3, -0.25) is 9.36 Å². The van der Waals surface area contributed by atoms with Gasteiger partial charge < -0.3 is 4.57 Å². The van der Waals surface area contributed by atoms with Crippen LogP contribution in [0.1, 0.15) is 11.1 Å². The van der Waals surface area contributed by atoms with E-state index >= 15 is 0 Å². The molecule has 2 heterocycles. The average Bonchev–Trinajstić information content (AvgIpc) is 2.80. The van der Waals surface area contributed by atoms with Crippen LogP contribution in [0.2, 0.25) is 0 Å². The number of fused-ring (bicyclic) bond motifs is 1. The van der Waals surface area contributed by atoms with E-state index in [0.29, 0.717) is 27.4 Å². The molecule has 0 spiro atoms. The minimum atomic E-state index is -0.0505. The lowest BCUT2D eigenvalue weighted by Gasteiger charge is -2.06. The van der Waals surface area contributed by atoms with Crippen molar-refractivity contribution < 1.29 is 0 Å². The van der Waals surface area contributed by atoms with E-state index in [2.05, 4.69) is 17.6 Å². The van der Waals surface area contributed by atoms with Gasteiger partial charge in [0.1, 0.15) is 11.0 Å². The molecule has 3 aromatic rings. The highest BCUT2D eigenvalue weighted by molar-refractivity contribution is 7.73. The third kappa shape index (κ3) is 2.67. The Bertz CT molecular complexity index is 965. The summed E-state index contributed by atoms with van der Waals surface area (Å²) in [5.74, 6) is 0. The van der Waals surface area contributed by atoms with Crippen molar-refractivity contribution in [2.45, 2.75) is 20.0 Å². The molecule has 0 saturated carbocycles. The summed E-state index contributed by atoms with van der Waals surface area (Å²) in [7, 11) is 0. The fourth-order valence-corrected chi connectivity index (χ4v) is 3.70. The molecular formula is C16H15N3OS2. The summed E-state index contributed by atoms with van der Waals surface area (Å²) in [5.41, 5.74) is 2.84. The smallest absolute Gasteiger partial charge is 0.273 e. The summed E-state index contributed by atoms with van der Waals surface area (Å²) in [6.07, 6.45) is 3.34. The van der Waals surface area contributed by atoms with Crippen LogP contribution in [0.5, 0.6) is 0 Å². The fraction of sp³-hybridized carbons (Fsp3) is 0.188. The Morgan fingerprint density at radius 3 is 3.00 bits per heavy atom. The highest BCUT2D eigenvalue weighted by atomic mass is 32.1. The molecule has 0 fully saturated rings. The number of allylic oxidation sites excluding steroid dienone is 1. The summed E-state index contributed by atoms with van der Waals surface area (Å²) in [6.45, 7) is 6.82. The van der Waals surface area contributed by atoms with E-state index in [1.165, 1.54) is 16.9 Å². The summed E-state index contributed by atoms with van der Waals surface area (Å²) < 4.78 is 4.70. The quantitative estimate of drug-likeness (QED) is 0.543. The summed E-state index contributed by atoms with van der Waals surface area (Å²) in [4.78, 5) is 17.1. The topological polar surface area (TPSA) is 39.8 Å². The van der Waals surface area contributed by atoms with Crippen molar-refractivity contribution in [3.05, 3.63) is 68.7 Å². The number of benzene rings is 1. The van der Waals surface area contributed by atoms with Gasteiger partial charge in [0.25, 0.3) is 5.56 Å². The molecule has 4 nitrogen and oxygen atoms in total. The van der Waals surface area contributed by atoms with Crippen LogP contribution < -0.4 is 5.56 Å². The zero-order valence-corrected chi connectivity index (χ0v) is 13.8. The molecule has 1 aromatic carbocycles. The van der Waals surface area contributed by atoms with Gasteiger partial charge in [0, 0.05) is 6.54 Å². The van der Waals surface area contributed by atoms with E-state index < -0.39 is 0 Å². The first-order valence-electron chi connectivity index (χ1n) is 6.85. The number of nitrogens with zero attached hydrogens (tertiary/aromatic N) is 3. The normalized spacial score (nSPS) is 11.0. The molecule has 0 aliphatic heterocycles. The first-order chi connectivity index (χ1) is 10.6. The van der Waals surface area contributed by atoms with Crippen molar-refractivity contribution in [1.29, 1.82) is 0 Å². The van der Waals surface area contributed by atoms with Crippen LogP contribution in [0.25, 0.3) is 10.3 Å². The molecule has 2 aromatic heterocycles. The standard InChI is InChI=1S/C16H15N3OS2/c1-3-7-19-14-13(22-16(19)21)15(20)18(10-17-14)9-12-6-4-5-11(2)8-12/h3-6,8,10H,1,7,9H2,2H3. The van der Waals surface area contributed by atoms with Crippen molar-refractivity contribution in [2.24, 2.45) is 0 Å². The zero-order valence-electron chi connectivity index (χ0n) is 12.2. The van der Waals surface area contributed by atoms with E-state index in [4.69, 9.17) is 12.2 Å². The van der Waals surface area contributed by atoms with Gasteiger partial charge >= 0.3 is 0 Å². The monoisotopic (exact) mass is 329 g/mol. The summed E-state index contributed by atoms with van der Waals surface area (Å²) in [6, 6.07) is 8.11. The summed E-state index contributed by atoms with van der Waals surface area (Å²) >= 11 is 6.62. The molecule has 0 aliphatic rings. The van der Waals surface area contributed by atoms with E-state index in [-0.39, 0.29) is 5.56 Å². The van der Waals surface area contributed by atoms with Crippen LogP contribution in [-0.2, 0) is 13.1 Å². The van der Waals surface area contributed by atoms with Crippen molar-refractivity contribution in [1.82, 2.24) is 14.1 Å². The molecule has 0 bridgehead atoms. The Hall–Kier alpha value is -2.05. The molecule has 112 valence electrons. The van der Waals surface area contributed by atoms with Crippen LogP contribution in [0.15, 0.2) is 48.0 Å². The number of aryl methyl sites for hydroxylation is 1. The van der Waals surface area contributed by atoms with Gasteiger partial charge in [-0.05, 0) is 24.7 Å². The third-order valence-corrected chi connectivity index (χ3v) is 4.82. The van der Waals surface area contributed by atoms with Gasteiger partial charge in [0.05, 0.1) is 6.54 Å². The van der Waals surface area contributed by atoms with E-state index in [1.54, 1.807) is 17.0 Å². The molecule has 0 radical (unpaired) electrons. The Labute approximate surface area is 137 Å². The Morgan fingerprint density at radius 2 is 2.27 bits per heavy atom. The molecule has 6 heteroatoms. The van der Waals surface area contributed by atoms with Gasteiger partial charge in [-0.15, -0.1) is 6.58 Å². The molecule has 0 aliphatic carbocycles. The molecule has 0 saturated heterocycles. The molecule has 0 atom stereocenters. The van der Waals surface area contributed by atoms with E-state index in [1.807, 2.05) is 29.7 Å². The molecule has 3 rings (SSSR count). The van der Waals surface area contributed by atoms with Crippen molar-refractivity contribution in [3.63, 3.8) is 0 Å². The van der Waals surface area contributed by atoms with Crippen LogP contribution in [-0.4, -0.2) is 14.1 Å². The van der Waals surface area contributed by atoms with Gasteiger partial charge in [0.15, 0.2) is 9.60 Å². The number of thiazole rings is 1. The molecule has 0 amide bonds. The van der Waals surface area contributed by atoms with Gasteiger partial charge in [-0.25, -0.2) is 4.98 Å². The lowest BCUT2D eigenvalue weighted by atomic mass is 10.1. The Kier molecular flexibility index (Phi) is 4.04. The second-order valence-electron chi connectivity index (χ2n) is 5.09. The van der Waals surface area contributed by atoms with Crippen molar-refractivity contribution in [3.8, 4) is 0 Å². The zero-order chi connectivity index (χ0) is 15.7. The first kappa shape index (κ1) is 14.9. The van der Waals surface area contributed by atoms with Crippen molar-refractivity contribution >= 4 is 33.9 Å².